The largest absolute Gasteiger partial charge is 0.492 e. The van der Waals surface area contributed by atoms with Crippen LogP contribution < -0.4 is 14.2 Å². The summed E-state index contributed by atoms with van der Waals surface area (Å²) in [7, 11) is -0.242. The topological polar surface area (TPSA) is 91.4 Å². The maximum absolute atomic E-state index is 15.4. The number of likely N-dealkylation sites (N-methyl/N-ethyl adjacent to an activating group) is 1. The zero-order chi connectivity index (χ0) is 30.5. The minimum Gasteiger partial charge on any atom is -0.492 e. The molecule has 1 fully saturated rings. The number of nitrogens with zero attached hydrogens (tertiary/aromatic N) is 1. The Labute approximate surface area is 251 Å². The molecular weight excluding hydrogens is 573 g/mol. The maximum Gasteiger partial charge on any atom is 0.306 e. The summed E-state index contributed by atoms with van der Waals surface area (Å²) in [5.41, 5.74) is 6.49. The van der Waals surface area contributed by atoms with Crippen LogP contribution in [0.15, 0.2) is 42.5 Å². The molecule has 10 heteroatoms. The quantitative estimate of drug-likeness (QED) is 0.321. The van der Waals surface area contributed by atoms with E-state index in [9.17, 15) is 13.2 Å². The smallest absolute Gasteiger partial charge is 0.306 e. The number of rotatable bonds is 7. The molecule has 228 valence electrons. The fraction of sp³-hybridized carbons (Fsp3) is 0.424. The van der Waals surface area contributed by atoms with E-state index in [4.69, 9.17) is 18.9 Å². The predicted octanol–water partition coefficient (Wildman–Crippen LogP) is 5.63. The van der Waals surface area contributed by atoms with E-state index in [0.717, 1.165) is 33.4 Å². The van der Waals surface area contributed by atoms with Gasteiger partial charge in [-0.1, -0.05) is 12.1 Å². The van der Waals surface area contributed by atoms with E-state index < -0.39 is 16.1 Å². The fourth-order valence-electron chi connectivity index (χ4n) is 6.61. The number of hydrogen-bond acceptors (Lipinski definition) is 7. The van der Waals surface area contributed by atoms with Crippen LogP contribution in [0, 0.1) is 19.7 Å². The number of aryl methyl sites for hydroxylation is 2. The highest BCUT2D eigenvalue weighted by Crippen LogP contribution is 2.45. The van der Waals surface area contributed by atoms with Gasteiger partial charge in [0.05, 0.1) is 32.4 Å². The zero-order valence-corrected chi connectivity index (χ0v) is 25.6. The van der Waals surface area contributed by atoms with Crippen LogP contribution in [0.4, 0.5) is 4.39 Å². The molecule has 3 aromatic carbocycles. The summed E-state index contributed by atoms with van der Waals surface area (Å²) >= 11 is 0. The molecule has 43 heavy (non-hydrogen) atoms. The van der Waals surface area contributed by atoms with Crippen LogP contribution in [0.2, 0.25) is 0 Å². The molecule has 6 rings (SSSR count). The Morgan fingerprint density at radius 2 is 1.81 bits per heavy atom. The first-order valence-corrected chi connectivity index (χ1v) is 16.2. The second-order valence-corrected chi connectivity index (χ2v) is 13.9. The highest BCUT2D eigenvalue weighted by molar-refractivity contribution is 7.89. The van der Waals surface area contributed by atoms with Crippen LogP contribution in [-0.4, -0.2) is 57.9 Å². The molecule has 3 aliphatic rings. The van der Waals surface area contributed by atoms with Gasteiger partial charge >= 0.3 is 5.97 Å². The Hall–Kier alpha value is -3.63. The molecule has 0 aromatic heterocycles. The molecule has 2 unspecified atom stereocenters. The van der Waals surface area contributed by atoms with Crippen molar-refractivity contribution in [1.82, 2.24) is 4.31 Å². The first-order chi connectivity index (χ1) is 20.5. The normalized spacial score (nSPS) is 22.4. The molecule has 0 spiro atoms. The van der Waals surface area contributed by atoms with E-state index >= 15 is 4.39 Å². The molecule has 2 aliphatic heterocycles. The summed E-state index contributed by atoms with van der Waals surface area (Å²) in [5.74, 6) is 1.41. The van der Waals surface area contributed by atoms with Gasteiger partial charge in [-0.3, -0.25) is 4.79 Å². The van der Waals surface area contributed by atoms with Crippen molar-refractivity contribution in [1.29, 1.82) is 0 Å². The van der Waals surface area contributed by atoms with Crippen molar-refractivity contribution >= 4 is 16.0 Å². The van der Waals surface area contributed by atoms with Crippen LogP contribution in [0.5, 0.6) is 17.2 Å². The van der Waals surface area contributed by atoms with Crippen LogP contribution in [-0.2, 0) is 26.0 Å². The van der Waals surface area contributed by atoms with E-state index in [1.807, 2.05) is 50.2 Å². The molecule has 0 saturated carbocycles. The number of carbonyl (C=O) groups is 1. The average Bonchev–Trinajstić information content (AvgIpc) is 3.56. The third kappa shape index (κ3) is 5.70. The second-order valence-electron chi connectivity index (χ2n) is 11.7. The van der Waals surface area contributed by atoms with Gasteiger partial charge in [-0.15, -0.1) is 0 Å². The van der Waals surface area contributed by atoms with Gasteiger partial charge in [0, 0.05) is 36.6 Å². The van der Waals surface area contributed by atoms with E-state index in [1.165, 1.54) is 17.5 Å². The molecule has 3 aromatic rings. The number of esters is 1. The third-order valence-corrected chi connectivity index (χ3v) is 10.6. The summed E-state index contributed by atoms with van der Waals surface area (Å²) in [4.78, 5) is 11.8. The third-order valence-electron chi connectivity index (χ3n) is 8.78. The molecule has 1 aliphatic carbocycles. The second kappa shape index (κ2) is 11.5. The number of ether oxygens (including phenoxy) is 4. The number of carbonyl (C=O) groups excluding carboxylic acids is 1. The van der Waals surface area contributed by atoms with Gasteiger partial charge < -0.3 is 18.9 Å². The Morgan fingerprint density at radius 3 is 2.53 bits per heavy atom. The SMILES string of the molecule is COC(=O)C[C@@H]1COc2cc(OC3CCc4c(-c5c(C)cc(OC6CCS(=O)(=O)N(C)C6)cc5C)ccc(F)c43)ccc21. The number of hydrogen-bond donors (Lipinski definition) is 0. The van der Waals surface area contributed by atoms with Crippen molar-refractivity contribution in [3.8, 4) is 28.4 Å². The van der Waals surface area contributed by atoms with Crippen LogP contribution in [0.1, 0.15) is 59.1 Å². The average molecular weight is 610 g/mol. The van der Waals surface area contributed by atoms with Crippen molar-refractivity contribution in [2.24, 2.45) is 0 Å². The van der Waals surface area contributed by atoms with E-state index in [2.05, 4.69) is 0 Å². The van der Waals surface area contributed by atoms with Crippen LogP contribution in [0.3, 0.4) is 0 Å². The lowest BCUT2D eigenvalue weighted by molar-refractivity contribution is -0.141. The number of benzene rings is 3. The van der Waals surface area contributed by atoms with Crippen LogP contribution in [0.25, 0.3) is 11.1 Å². The van der Waals surface area contributed by atoms with Crippen LogP contribution >= 0.6 is 0 Å². The van der Waals surface area contributed by atoms with Crippen molar-refractivity contribution in [2.45, 2.75) is 57.7 Å². The Kier molecular flexibility index (Phi) is 7.85. The number of halogens is 1. The maximum atomic E-state index is 15.4. The predicted molar refractivity (Wildman–Crippen MR) is 160 cm³/mol. The van der Waals surface area contributed by atoms with Gasteiger partial charge in [0.25, 0.3) is 0 Å². The minimum atomic E-state index is -3.20. The lowest BCUT2D eigenvalue weighted by atomic mass is 9.90. The lowest BCUT2D eigenvalue weighted by Crippen LogP contribution is -2.44. The molecule has 0 radical (unpaired) electrons. The summed E-state index contributed by atoms with van der Waals surface area (Å²) < 4.78 is 64.0. The first kappa shape index (κ1) is 29.4. The van der Waals surface area contributed by atoms with Crippen molar-refractivity contribution in [3.05, 3.63) is 76.1 Å². The van der Waals surface area contributed by atoms with Crippen molar-refractivity contribution < 1.29 is 36.6 Å². The van der Waals surface area contributed by atoms with E-state index in [1.54, 1.807) is 7.05 Å². The first-order valence-electron chi connectivity index (χ1n) is 14.6. The Balaban J connectivity index is 1.22. The molecule has 0 N–H and O–H groups in total. The van der Waals surface area contributed by atoms with Crippen molar-refractivity contribution in [3.63, 3.8) is 0 Å². The fourth-order valence-corrected chi connectivity index (χ4v) is 7.87. The van der Waals surface area contributed by atoms with Crippen molar-refractivity contribution in [2.75, 3.05) is 33.1 Å². The molecule has 2 heterocycles. The number of fused-ring (bicyclic) bond motifs is 2. The van der Waals surface area contributed by atoms with E-state index in [-0.39, 0.29) is 36.0 Å². The number of sulfonamides is 1. The summed E-state index contributed by atoms with van der Waals surface area (Å²) in [6.45, 7) is 4.76. The van der Waals surface area contributed by atoms with E-state index in [0.29, 0.717) is 55.2 Å². The van der Waals surface area contributed by atoms with Gasteiger partial charge in [-0.25, -0.2) is 17.1 Å². The highest BCUT2D eigenvalue weighted by Gasteiger charge is 2.33. The zero-order valence-electron chi connectivity index (χ0n) is 24.8. The molecule has 3 atom stereocenters. The molecule has 8 nitrogen and oxygen atoms in total. The molecule has 1 saturated heterocycles. The van der Waals surface area contributed by atoms with Gasteiger partial charge in [0.1, 0.15) is 35.3 Å². The highest BCUT2D eigenvalue weighted by atomic mass is 32.2. The monoisotopic (exact) mass is 609 g/mol. The summed E-state index contributed by atoms with van der Waals surface area (Å²) in [6.07, 6.45) is 1.36. The van der Waals surface area contributed by atoms with Gasteiger partial charge in [-0.2, -0.15) is 0 Å². The lowest BCUT2D eigenvalue weighted by Gasteiger charge is -2.30. The van der Waals surface area contributed by atoms with Gasteiger partial charge in [0.2, 0.25) is 10.0 Å². The summed E-state index contributed by atoms with van der Waals surface area (Å²) in [5, 5.41) is 0. The minimum absolute atomic E-state index is 0.0628. The van der Waals surface area contributed by atoms with Gasteiger partial charge in [-0.05, 0) is 78.8 Å². The molecule has 0 bridgehead atoms. The number of methoxy groups -OCH3 is 1. The Morgan fingerprint density at radius 1 is 1.05 bits per heavy atom. The molecule has 0 amide bonds. The standard InChI is InChI=1S/C33H36FNO7S/c1-19-13-24(41-23-11-12-43(37,38)35(3)17-23)14-20(2)32(19)26-7-9-28(34)33-27(26)8-10-29(33)42-22-5-6-25-21(15-31(36)39-4)18-40-30(25)16-22/h5-7,9,13-14,16,21,23,29H,8,10-12,15,17-18H2,1-4H3/t21-,23?,29?/m1/s1. The summed E-state index contributed by atoms with van der Waals surface area (Å²) in [6, 6.07) is 12.9. The van der Waals surface area contributed by atoms with Gasteiger partial charge in [0.15, 0.2) is 0 Å². The molecular formula is C33H36FNO7S. The Bertz CT molecular complexity index is 1670.